The van der Waals surface area contributed by atoms with Crippen LogP contribution in [0.25, 0.3) is 0 Å². The van der Waals surface area contributed by atoms with E-state index in [0.717, 1.165) is 37.1 Å². The van der Waals surface area contributed by atoms with Gasteiger partial charge in [0.05, 0.1) is 6.04 Å². The third kappa shape index (κ3) is 3.40. The molecule has 0 spiro atoms. The maximum absolute atomic E-state index is 13.1. The minimum Gasteiger partial charge on any atom is -0.292 e. The van der Waals surface area contributed by atoms with Crippen molar-refractivity contribution in [3.8, 4) is 0 Å². The molecule has 1 saturated heterocycles. The molecule has 2 aromatic carbocycles. The summed E-state index contributed by atoms with van der Waals surface area (Å²) in [7, 11) is 0. The van der Waals surface area contributed by atoms with E-state index in [4.69, 9.17) is 11.6 Å². The van der Waals surface area contributed by atoms with Crippen LogP contribution in [0.15, 0.2) is 54.6 Å². The zero-order valence-electron chi connectivity index (χ0n) is 12.5. The van der Waals surface area contributed by atoms with Crippen LogP contribution < -0.4 is 0 Å². The Balaban J connectivity index is 1.95. The molecule has 3 heteroatoms. The third-order valence-corrected chi connectivity index (χ3v) is 4.50. The maximum atomic E-state index is 13.1. The van der Waals surface area contributed by atoms with Crippen LogP contribution in [-0.2, 0) is 0 Å². The topological polar surface area (TPSA) is 20.3 Å². The van der Waals surface area contributed by atoms with E-state index in [-0.39, 0.29) is 11.8 Å². The average molecular weight is 314 g/mol. The Morgan fingerprint density at radius 1 is 0.909 bits per heavy atom. The summed E-state index contributed by atoms with van der Waals surface area (Å²) in [6.07, 6.45) is 3.57. The summed E-state index contributed by atoms with van der Waals surface area (Å²) >= 11 is 6.00. The van der Waals surface area contributed by atoms with E-state index >= 15 is 0 Å². The van der Waals surface area contributed by atoms with Gasteiger partial charge in [-0.3, -0.25) is 9.69 Å². The molecular formula is C19H20ClNO. The molecule has 1 aliphatic rings. The van der Waals surface area contributed by atoms with Crippen molar-refractivity contribution in [2.24, 2.45) is 0 Å². The number of ketones is 1. The van der Waals surface area contributed by atoms with E-state index in [2.05, 4.69) is 4.90 Å². The maximum Gasteiger partial charge on any atom is 0.184 e. The van der Waals surface area contributed by atoms with Gasteiger partial charge in [-0.15, -0.1) is 0 Å². The molecule has 114 valence electrons. The van der Waals surface area contributed by atoms with Crippen LogP contribution in [0.1, 0.15) is 41.2 Å². The number of hydrogen-bond acceptors (Lipinski definition) is 2. The molecule has 0 N–H and O–H groups in total. The molecule has 0 saturated carbocycles. The fourth-order valence-electron chi connectivity index (χ4n) is 3.11. The van der Waals surface area contributed by atoms with Crippen LogP contribution in [-0.4, -0.2) is 23.8 Å². The van der Waals surface area contributed by atoms with Crippen molar-refractivity contribution in [3.63, 3.8) is 0 Å². The second-order valence-electron chi connectivity index (χ2n) is 5.78. The molecule has 1 unspecified atom stereocenters. The molecule has 1 atom stereocenters. The first kappa shape index (κ1) is 15.3. The fourth-order valence-corrected chi connectivity index (χ4v) is 3.24. The Kier molecular flexibility index (Phi) is 4.91. The van der Waals surface area contributed by atoms with Crippen LogP contribution in [0.2, 0.25) is 5.02 Å². The van der Waals surface area contributed by atoms with E-state index in [9.17, 15) is 4.79 Å². The zero-order valence-corrected chi connectivity index (χ0v) is 13.3. The molecule has 22 heavy (non-hydrogen) atoms. The number of carbonyl (C=O) groups is 1. The lowest BCUT2D eigenvalue weighted by atomic mass is 9.94. The third-order valence-electron chi connectivity index (χ3n) is 4.25. The minimum atomic E-state index is -0.208. The number of piperidine rings is 1. The highest BCUT2D eigenvalue weighted by molar-refractivity contribution is 6.30. The van der Waals surface area contributed by atoms with Crippen molar-refractivity contribution >= 4 is 17.4 Å². The van der Waals surface area contributed by atoms with Crippen molar-refractivity contribution in [2.75, 3.05) is 13.1 Å². The van der Waals surface area contributed by atoms with Gasteiger partial charge in [-0.2, -0.15) is 0 Å². The van der Waals surface area contributed by atoms with Crippen molar-refractivity contribution in [2.45, 2.75) is 25.3 Å². The fraction of sp³-hybridized carbons (Fsp3) is 0.316. The molecule has 2 nitrogen and oxygen atoms in total. The first-order valence-corrected chi connectivity index (χ1v) is 8.22. The standard InChI is InChI=1S/C19H20ClNO/c20-17-11-9-15(10-12-17)18(21-13-5-2-6-14-21)19(22)16-7-3-1-4-8-16/h1,3-4,7-12,18H,2,5-6,13-14H2. The first-order chi connectivity index (χ1) is 10.8. The molecule has 0 aromatic heterocycles. The van der Waals surface area contributed by atoms with E-state index < -0.39 is 0 Å². The van der Waals surface area contributed by atoms with Crippen LogP contribution in [0.5, 0.6) is 0 Å². The number of Topliss-reactive ketones (excluding diaryl/α,β-unsaturated/α-hetero) is 1. The lowest BCUT2D eigenvalue weighted by molar-refractivity contribution is 0.0783. The first-order valence-electron chi connectivity index (χ1n) is 7.84. The summed E-state index contributed by atoms with van der Waals surface area (Å²) < 4.78 is 0. The van der Waals surface area contributed by atoms with Crippen molar-refractivity contribution in [1.82, 2.24) is 4.90 Å². The highest BCUT2D eigenvalue weighted by Gasteiger charge is 2.29. The highest BCUT2D eigenvalue weighted by Crippen LogP contribution is 2.29. The lowest BCUT2D eigenvalue weighted by Gasteiger charge is -2.34. The Hall–Kier alpha value is -1.64. The summed E-state index contributed by atoms with van der Waals surface area (Å²) in [5, 5.41) is 0.702. The molecule has 1 fully saturated rings. The quantitative estimate of drug-likeness (QED) is 0.759. The summed E-state index contributed by atoms with van der Waals surface area (Å²) in [4.78, 5) is 15.4. The van der Waals surface area contributed by atoms with Crippen molar-refractivity contribution < 1.29 is 4.79 Å². The Morgan fingerprint density at radius 3 is 2.18 bits per heavy atom. The van der Waals surface area contributed by atoms with E-state index in [0.29, 0.717) is 5.02 Å². The molecule has 0 aliphatic carbocycles. The predicted molar refractivity (Wildman–Crippen MR) is 90.4 cm³/mol. The van der Waals surface area contributed by atoms with Crippen LogP contribution in [0.3, 0.4) is 0 Å². The van der Waals surface area contributed by atoms with Crippen LogP contribution in [0, 0.1) is 0 Å². The molecule has 2 aromatic rings. The molecule has 0 bridgehead atoms. The van der Waals surface area contributed by atoms with Crippen LogP contribution >= 0.6 is 11.6 Å². The molecule has 0 amide bonds. The number of likely N-dealkylation sites (tertiary alicyclic amines) is 1. The van der Waals surface area contributed by atoms with E-state index in [1.165, 1.54) is 6.42 Å². The number of halogens is 1. The Morgan fingerprint density at radius 2 is 1.55 bits per heavy atom. The van der Waals surface area contributed by atoms with Gasteiger partial charge in [0.1, 0.15) is 0 Å². The lowest BCUT2D eigenvalue weighted by Crippen LogP contribution is -2.38. The van der Waals surface area contributed by atoms with Gasteiger partial charge in [0, 0.05) is 10.6 Å². The predicted octanol–water partition coefficient (Wildman–Crippen LogP) is 4.75. The number of rotatable bonds is 4. The molecule has 3 rings (SSSR count). The SMILES string of the molecule is O=C(c1ccccc1)C(c1ccc(Cl)cc1)N1CCCCC1. The molecule has 1 heterocycles. The Labute approximate surface area is 136 Å². The van der Waals surface area contributed by atoms with E-state index in [1.54, 1.807) is 0 Å². The van der Waals surface area contributed by atoms with E-state index in [1.807, 2.05) is 54.6 Å². The smallest absolute Gasteiger partial charge is 0.184 e. The normalized spacial score (nSPS) is 17.1. The van der Waals surface area contributed by atoms with Gasteiger partial charge in [0.25, 0.3) is 0 Å². The second kappa shape index (κ2) is 7.08. The monoisotopic (exact) mass is 313 g/mol. The molecular weight excluding hydrogens is 294 g/mol. The molecule has 0 radical (unpaired) electrons. The summed E-state index contributed by atoms with van der Waals surface area (Å²) in [6.45, 7) is 1.96. The van der Waals surface area contributed by atoms with Gasteiger partial charge in [0.2, 0.25) is 0 Å². The van der Waals surface area contributed by atoms with Crippen molar-refractivity contribution in [1.29, 1.82) is 0 Å². The van der Waals surface area contributed by atoms with Gasteiger partial charge in [0.15, 0.2) is 5.78 Å². The number of carbonyl (C=O) groups excluding carboxylic acids is 1. The van der Waals surface area contributed by atoms with Crippen molar-refractivity contribution in [3.05, 3.63) is 70.7 Å². The highest BCUT2D eigenvalue weighted by atomic mass is 35.5. The number of hydrogen-bond donors (Lipinski definition) is 0. The summed E-state index contributed by atoms with van der Waals surface area (Å²) in [5.74, 6) is 0.171. The largest absolute Gasteiger partial charge is 0.292 e. The minimum absolute atomic E-state index is 0.171. The number of benzene rings is 2. The van der Waals surface area contributed by atoms with Gasteiger partial charge in [-0.05, 0) is 43.6 Å². The Bertz CT molecular complexity index is 618. The van der Waals surface area contributed by atoms with Gasteiger partial charge < -0.3 is 0 Å². The number of nitrogens with zero attached hydrogens (tertiary/aromatic N) is 1. The van der Waals surface area contributed by atoms with Gasteiger partial charge in [-0.25, -0.2) is 0 Å². The average Bonchev–Trinajstić information content (AvgIpc) is 2.58. The second-order valence-corrected chi connectivity index (χ2v) is 6.22. The summed E-state index contributed by atoms with van der Waals surface area (Å²) in [5.41, 5.74) is 1.80. The van der Waals surface area contributed by atoms with Gasteiger partial charge >= 0.3 is 0 Å². The molecule has 1 aliphatic heterocycles. The summed E-state index contributed by atoms with van der Waals surface area (Å²) in [6, 6.07) is 17.0. The van der Waals surface area contributed by atoms with Crippen LogP contribution in [0.4, 0.5) is 0 Å². The zero-order chi connectivity index (χ0) is 15.4. The van der Waals surface area contributed by atoms with Gasteiger partial charge in [-0.1, -0.05) is 60.5 Å².